The minimum Gasteiger partial charge on any atom is -0.258 e. The smallest absolute Gasteiger partial charge is 0.258 e. The van der Waals surface area contributed by atoms with Gasteiger partial charge < -0.3 is 0 Å². The van der Waals surface area contributed by atoms with Gasteiger partial charge in [-0.1, -0.05) is 23.8 Å². The molecule has 0 saturated carbocycles. The summed E-state index contributed by atoms with van der Waals surface area (Å²) in [6, 6.07) is 11.1. The first-order valence-corrected chi connectivity index (χ1v) is 11.3. The van der Waals surface area contributed by atoms with Crippen molar-refractivity contribution in [2.75, 3.05) is 10.1 Å². The molecule has 0 radical (unpaired) electrons. The molecule has 2 aromatic rings. The lowest BCUT2D eigenvalue weighted by Crippen LogP contribution is -2.41. The van der Waals surface area contributed by atoms with Crippen molar-refractivity contribution in [3.8, 4) is 0 Å². The van der Waals surface area contributed by atoms with Gasteiger partial charge >= 0.3 is 0 Å². The van der Waals surface area contributed by atoms with E-state index in [-0.39, 0.29) is 10.6 Å². The third-order valence-corrected chi connectivity index (χ3v) is 7.78. The van der Waals surface area contributed by atoms with Crippen molar-refractivity contribution in [3.63, 3.8) is 0 Å². The Hall–Kier alpha value is -2.12. The first kappa shape index (κ1) is 18.7. The van der Waals surface area contributed by atoms with E-state index in [1.54, 1.807) is 36.4 Å². The van der Waals surface area contributed by atoms with Crippen LogP contribution in [-0.4, -0.2) is 28.6 Å². The standard InChI is InChI=1S/C19H21NO4S2/c1-14-4-8-19(9-5-14)26(23,24)20(18-10-11-25(21,22)13-18)17-7-6-15(2)16(3)12-17/h4-12,18H,13H2,1-3H3. The Labute approximate surface area is 154 Å². The van der Waals surface area contributed by atoms with Crippen LogP contribution in [0.3, 0.4) is 0 Å². The highest BCUT2D eigenvalue weighted by atomic mass is 32.2. The van der Waals surface area contributed by atoms with Gasteiger partial charge in [0.05, 0.1) is 22.4 Å². The summed E-state index contributed by atoms with van der Waals surface area (Å²) < 4.78 is 51.7. The van der Waals surface area contributed by atoms with Gasteiger partial charge in [-0.3, -0.25) is 4.31 Å². The molecule has 26 heavy (non-hydrogen) atoms. The highest BCUT2D eigenvalue weighted by Gasteiger charge is 2.36. The molecule has 0 aromatic heterocycles. The second kappa shape index (κ2) is 6.55. The van der Waals surface area contributed by atoms with E-state index in [2.05, 4.69) is 0 Å². The zero-order chi connectivity index (χ0) is 19.1. The van der Waals surface area contributed by atoms with Crippen LogP contribution >= 0.6 is 0 Å². The maximum Gasteiger partial charge on any atom is 0.264 e. The largest absolute Gasteiger partial charge is 0.264 e. The molecule has 0 aliphatic carbocycles. The summed E-state index contributed by atoms with van der Waals surface area (Å²) in [5.74, 6) is -0.259. The Kier molecular flexibility index (Phi) is 4.71. The van der Waals surface area contributed by atoms with Crippen molar-refractivity contribution in [2.24, 2.45) is 0 Å². The number of rotatable bonds is 4. The summed E-state index contributed by atoms with van der Waals surface area (Å²) in [5.41, 5.74) is 3.39. The molecule has 1 aliphatic rings. The number of hydrogen-bond donors (Lipinski definition) is 0. The summed E-state index contributed by atoms with van der Waals surface area (Å²) in [5, 5.41) is 1.09. The number of nitrogens with zero attached hydrogens (tertiary/aromatic N) is 1. The average molecular weight is 392 g/mol. The maximum absolute atomic E-state index is 13.3. The van der Waals surface area contributed by atoms with E-state index in [9.17, 15) is 16.8 Å². The molecule has 0 bridgehead atoms. The molecule has 0 N–H and O–H groups in total. The molecular formula is C19H21NO4S2. The third-order valence-electron chi connectivity index (χ3n) is 4.54. The van der Waals surface area contributed by atoms with Gasteiger partial charge in [0, 0.05) is 5.41 Å². The summed E-state index contributed by atoms with van der Waals surface area (Å²) in [7, 11) is -7.32. The summed E-state index contributed by atoms with van der Waals surface area (Å²) in [6.07, 6.45) is 1.44. The summed E-state index contributed by atoms with van der Waals surface area (Å²) in [6.45, 7) is 5.72. The van der Waals surface area contributed by atoms with Crippen molar-refractivity contribution in [2.45, 2.75) is 31.7 Å². The lowest BCUT2D eigenvalue weighted by Gasteiger charge is -2.29. The molecule has 0 saturated heterocycles. The normalized spacial score (nSPS) is 18.8. The van der Waals surface area contributed by atoms with Crippen LogP contribution in [0.25, 0.3) is 0 Å². The molecule has 0 amide bonds. The van der Waals surface area contributed by atoms with Crippen LogP contribution in [0.2, 0.25) is 0 Å². The zero-order valence-electron chi connectivity index (χ0n) is 14.9. The monoisotopic (exact) mass is 391 g/mol. The van der Waals surface area contributed by atoms with E-state index in [0.717, 1.165) is 22.1 Å². The fraction of sp³-hybridized carbons (Fsp3) is 0.263. The van der Waals surface area contributed by atoms with Crippen molar-refractivity contribution >= 4 is 25.5 Å². The number of anilines is 1. The van der Waals surface area contributed by atoms with E-state index >= 15 is 0 Å². The Bertz CT molecular complexity index is 1070. The number of sulfonamides is 1. The quantitative estimate of drug-likeness (QED) is 0.803. The molecule has 1 aliphatic heterocycles. The molecule has 138 valence electrons. The molecule has 2 aromatic carbocycles. The molecule has 3 rings (SSSR count). The molecule has 7 heteroatoms. The number of sulfone groups is 1. The molecule has 0 fully saturated rings. The zero-order valence-corrected chi connectivity index (χ0v) is 16.5. The molecule has 1 unspecified atom stereocenters. The Morgan fingerprint density at radius 3 is 2.15 bits per heavy atom. The van der Waals surface area contributed by atoms with Gasteiger partial charge in [-0.25, -0.2) is 16.8 Å². The Morgan fingerprint density at radius 1 is 0.962 bits per heavy atom. The lowest BCUT2D eigenvalue weighted by atomic mass is 10.1. The lowest BCUT2D eigenvalue weighted by molar-refractivity contribution is 0.586. The number of aryl methyl sites for hydroxylation is 3. The highest BCUT2D eigenvalue weighted by Crippen LogP contribution is 2.31. The van der Waals surface area contributed by atoms with Gasteiger partial charge in [0.1, 0.15) is 0 Å². The summed E-state index contributed by atoms with van der Waals surface area (Å²) in [4.78, 5) is 0.138. The minimum absolute atomic E-state index is 0.138. The van der Waals surface area contributed by atoms with Crippen molar-refractivity contribution in [1.82, 2.24) is 0 Å². The average Bonchev–Trinajstić information content (AvgIpc) is 2.90. The van der Waals surface area contributed by atoms with Gasteiger partial charge in [0.25, 0.3) is 10.0 Å². The van der Waals surface area contributed by atoms with Gasteiger partial charge in [0.2, 0.25) is 0 Å². The molecule has 0 spiro atoms. The first-order chi connectivity index (χ1) is 12.1. The van der Waals surface area contributed by atoms with Gasteiger partial charge in [-0.15, -0.1) is 0 Å². The third kappa shape index (κ3) is 3.54. The molecule has 1 atom stereocenters. The van der Waals surface area contributed by atoms with Crippen LogP contribution < -0.4 is 4.31 Å². The first-order valence-electron chi connectivity index (χ1n) is 8.19. The summed E-state index contributed by atoms with van der Waals surface area (Å²) >= 11 is 0. The minimum atomic E-state index is -3.92. The number of benzene rings is 2. The van der Waals surface area contributed by atoms with Crippen LogP contribution in [0, 0.1) is 20.8 Å². The fourth-order valence-electron chi connectivity index (χ4n) is 2.90. The topological polar surface area (TPSA) is 71.5 Å². The number of hydrogen-bond acceptors (Lipinski definition) is 4. The van der Waals surface area contributed by atoms with Crippen LogP contribution in [0.15, 0.2) is 58.8 Å². The predicted molar refractivity (Wildman–Crippen MR) is 103 cm³/mol. The molecule has 5 nitrogen and oxygen atoms in total. The van der Waals surface area contributed by atoms with Gasteiger partial charge in [-0.2, -0.15) is 0 Å². The van der Waals surface area contributed by atoms with Crippen LogP contribution in [0.1, 0.15) is 16.7 Å². The molecule has 1 heterocycles. The Morgan fingerprint density at radius 2 is 1.62 bits per heavy atom. The van der Waals surface area contributed by atoms with E-state index < -0.39 is 25.9 Å². The second-order valence-electron chi connectivity index (χ2n) is 6.61. The predicted octanol–water partition coefficient (Wildman–Crippen LogP) is 3.12. The van der Waals surface area contributed by atoms with Gasteiger partial charge in [-0.05, 0) is 62.2 Å². The maximum atomic E-state index is 13.3. The molecular weight excluding hydrogens is 370 g/mol. The van der Waals surface area contributed by atoms with E-state index in [0.29, 0.717) is 5.69 Å². The van der Waals surface area contributed by atoms with Crippen molar-refractivity contribution < 1.29 is 16.8 Å². The van der Waals surface area contributed by atoms with E-state index in [4.69, 9.17) is 0 Å². The fourth-order valence-corrected chi connectivity index (χ4v) is 5.86. The van der Waals surface area contributed by atoms with Crippen molar-refractivity contribution in [3.05, 3.63) is 70.6 Å². The van der Waals surface area contributed by atoms with Crippen LogP contribution in [0.4, 0.5) is 5.69 Å². The SMILES string of the molecule is Cc1ccc(S(=O)(=O)N(c2ccc(C)c(C)c2)C2C=CS(=O)(=O)C2)cc1. The Balaban J connectivity index is 2.15. The van der Waals surface area contributed by atoms with E-state index in [1.807, 2.05) is 26.8 Å². The van der Waals surface area contributed by atoms with Crippen LogP contribution in [0.5, 0.6) is 0 Å². The van der Waals surface area contributed by atoms with Crippen molar-refractivity contribution in [1.29, 1.82) is 0 Å². The van der Waals surface area contributed by atoms with E-state index in [1.165, 1.54) is 10.4 Å². The second-order valence-corrected chi connectivity index (χ2v) is 10.4. The van der Waals surface area contributed by atoms with Gasteiger partial charge in [0.15, 0.2) is 9.84 Å². The van der Waals surface area contributed by atoms with Crippen LogP contribution in [-0.2, 0) is 19.9 Å². The highest BCUT2D eigenvalue weighted by molar-refractivity contribution is 7.95.